The topological polar surface area (TPSA) is 58.6 Å². The Labute approximate surface area is 152 Å². The fourth-order valence-corrected chi connectivity index (χ4v) is 2.35. The van der Waals surface area contributed by atoms with Crippen molar-refractivity contribution in [1.82, 2.24) is 10.2 Å². The summed E-state index contributed by atoms with van der Waals surface area (Å²) in [5.74, 6) is -0.434. The molecule has 0 bridgehead atoms. The fourth-order valence-electron chi connectivity index (χ4n) is 2.35. The van der Waals surface area contributed by atoms with E-state index >= 15 is 0 Å². The Bertz CT molecular complexity index is 775. The standard InChI is InChI=1S/C20H21FN2O3/c1-3-12-23(14-16-6-4-5-7-18(16)21)19(24)13-22-20(25)15-8-10-17(26-2)11-9-15/h3-11H,1,12-14H2,2H3,(H,22,25). The Kier molecular flexibility index (Phi) is 6.91. The maximum atomic E-state index is 13.8. The monoisotopic (exact) mass is 356 g/mol. The Morgan fingerprint density at radius 3 is 2.50 bits per heavy atom. The number of ether oxygens (including phenoxy) is 1. The fraction of sp³-hybridized carbons (Fsp3) is 0.200. The number of rotatable bonds is 8. The summed E-state index contributed by atoms with van der Waals surface area (Å²) in [5, 5.41) is 2.58. The highest BCUT2D eigenvalue weighted by Gasteiger charge is 2.16. The van der Waals surface area contributed by atoms with Gasteiger partial charge in [0.1, 0.15) is 11.6 Å². The van der Waals surface area contributed by atoms with Crippen molar-refractivity contribution < 1.29 is 18.7 Å². The summed E-state index contributed by atoms with van der Waals surface area (Å²) in [6, 6.07) is 12.8. The Morgan fingerprint density at radius 2 is 1.88 bits per heavy atom. The molecule has 1 N–H and O–H groups in total. The van der Waals surface area contributed by atoms with Crippen molar-refractivity contribution in [3.8, 4) is 5.75 Å². The maximum Gasteiger partial charge on any atom is 0.251 e. The average Bonchev–Trinajstić information content (AvgIpc) is 2.67. The first-order valence-corrected chi connectivity index (χ1v) is 8.09. The zero-order chi connectivity index (χ0) is 18.9. The molecular weight excluding hydrogens is 335 g/mol. The molecule has 2 amide bonds. The van der Waals surface area contributed by atoms with Gasteiger partial charge >= 0.3 is 0 Å². The number of benzene rings is 2. The van der Waals surface area contributed by atoms with Crippen molar-refractivity contribution in [2.75, 3.05) is 20.2 Å². The quantitative estimate of drug-likeness (QED) is 0.740. The second kappa shape index (κ2) is 9.36. The number of methoxy groups -OCH3 is 1. The predicted octanol–water partition coefficient (Wildman–Crippen LogP) is 2.78. The molecule has 2 aromatic carbocycles. The van der Waals surface area contributed by atoms with E-state index in [0.717, 1.165) is 0 Å². The van der Waals surface area contributed by atoms with Gasteiger partial charge in [-0.3, -0.25) is 9.59 Å². The van der Waals surface area contributed by atoms with Gasteiger partial charge < -0.3 is 15.0 Å². The van der Waals surface area contributed by atoms with Crippen LogP contribution in [0.1, 0.15) is 15.9 Å². The summed E-state index contributed by atoms with van der Waals surface area (Å²) >= 11 is 0. The van der Waals surface area contributed by atoms with Crippen LogP contribution in [-0.2, 0) is 11.3 Å². The number of amides is 2. The summed E-state index contributed by atoms with van der Waals surface area (Å²) in [7, 11) is 1.54. The van der Waals surface area contributed by atoms with Crippen LogP contribution in [0.3, 0.4) is 0 Å². The van der Waals surface area contributed by atoms with Gasteiger partial charge in [0.25, 0.3) is 5.91 Å². The zero-order valence-electron chi connectivity index (χ0n) is 14.6. The van der Waals surface area contributed by atoms with Crippen molar-refractivity contribution >= 4 is 11.8 Å². The Hall–Kier alpha value is -3.15. The van der Waals surface area contributed by atoms with E-state index in [9.17, 15) is 14.0 Å². The summed E-state index contributed by atoms with van der Waals surface area (Å²) < 4.78 is 18.8. The van der Waals surface area contributed by atoms with E-state index in [1.54, 1.807) is 48.5 Å². The molecule has 0 aliphatic heterocycles. The molecule has 26 heavy (non-hydrogen) atoms. The van der Waals surface area contributed by atoms with E-state index in [1.165, 1.54) is 18.1 Å². The van der Waals surface area contributed by atoms with Crippen LogP contribution < -0.4 is 10.1 Å². The molecule has 0 aromatic heterocycles. The van der Waals surface area contributed by atoms with Crippen LogP contribution >= 0.6 is 0 Å². The molecule has 0 aliphatic carbocycles. The molecule has 5 nitrogen and oxygen atoms in total. The van der Waals surface area contributed by atoms with Gasteiger partial charge in [0.2, 0.25) is 5.91 Å². The van der Waals surface area contributed by atoms with Crippen LogP contribution in [0.2, 0.25) is 0 Å². The molecular formula is C20H21FN2O3. The van der Waals surface area contributed by atoms with Gasteiger partial charge in [-0.05, 0) is 30.3 Å². The van der Waals surface area contributed by atoms with Gasteiger partial charge in [0.15, 0.2) is 0 Å². The molecule has 0 fully saturated rings. The van der Waals surface area contributed by atoms with Gasteiger partial charge in [-0.2, -0.15) is 0 Å². The van der Waals surface area contributed by atoms with Gasteiger partial charge in [0, 0.05) is 24.2 Å². The van der Waals surface area contributed by atoms with Gasteiger partial charge in [0.05, 0.1) is 13.7 Å². The minimum absolute atomic E-state index is 0.107. The lowest BCUT2D eigenvalue weighted by atomic mass is 10.2. The lowest BCUT2D eigenvalue weighted by molar-refractivity contribution is -0.130. The van der Waals surface area contributed by atoms with Crippen LogP contribution in [0.4, 0.5) is 4.39 Å². The van der Waals surface area contributed by atoms with Gasteiger partial charge in [-0.25, -0.2) is 4.39 Å². The highest BCUT2D eigenvalue weighted by atomic mass is 19.1. The summed E-state index contributed by atoms with van der Waals surface area (Å²) in [5.41, 5.74) is 0.826. The predicted molar refractivity (Wildman–Crippen MR) is 97.3 cm³/mol. The van der Waals surface area contributed by atoms with Crippen molar-refractivity contribution in [2.24, 2.45) is 0 Å². The van der Waals surface area contributed by atoms with Crippen LogP contribution in [0.15, 0.2) is 61.2 Å². The first kappa shape index (κ1) is 19.2. The third-order valence-electron chi connectivity index (χ3n) is 3.77. The SMILES string of the molecule is C=CCN(Cc1ccccc1F)C(=O)CNC(=O)c1ccc(OC)cc1. The van der Waals surface area contributed by atoms with Crippen LogP contribution in [-0.4, -0.2) is 36.9 Å². The molecule has 0 aliphatic rings. The first-order chi connectivity index (χ1) is 12.5. The largest absolute Gasteiger partial charge is 0.497 e. The Morgan fingerprint density at radius 1 is 1.19 bits per heavy atom. The van der Waals surface area contributed by atoms with Gasteiger partial charge in [-0.1, -0.05) is 24.3 Å². The highest BCUT2D eigenvalue weighted by molar-refractivity contribution is 5.96. The molecule has 0 saturated carbocycles. The summed E-state index contributed by atoms with van der Waals surface area (Å²) in [6.07, 6.45) is 1.56. The molecule has 6 heteroatoms. The Balaban J connectivity index is 1.97. The van der Waals surface area contributed by atoms with E-state index in [1.807, 2.05) is 0 Å². The van der Waals surface area contributed by atoms with E-state index in [2.05, 4.69) is 11.9 Å². The smallest absolute Gasteiger partial charge is 0.251 e. The van der Waals surface area contributed by atoms with Crippen molar-refractivity contribution in [3.05, 3.63) is 78.1 Å². The number of carbonyl (C=O) groups excluding carboxylic acids is 2. The lowest BCUT2D eigenvalue weighted by Gasteiger charge is -2.21. The number of carbonyl (C=O) groups is 2. The molecule has 2 aromatic rings. The van der Waals surface area contributed by atoms with Crippen LogP contribution in [0.25, 0.3) is 0 Å². The molecule has 0 saturated heterocycles. The van der Waals surface area contributed by atoms with Gasteiger partial charge in [-0.15, -0.1) is 6.58 Å². The van der Waals surface area contributed by atoms with Crippen LogP contribution in [0, 0.1) is 5.82 Å². The second-order valence-electron chi connectivity index (χ2n) is 5.57. The third-order valence-corrected chi connectivity index (χ3v) is 3.77. The van der Waals surface area contributed by atoms with Crippen molar-refractivity contribution in [1.29, 1.82) is 0 Å². The van der Waals surface area contributed by atoms with Crippen molar-refractivity contribution in [2.45, 2.75) is 6.54 Å². The van der Waals surface area contributed by atoms with E-state index in [4.69, 9.17) is 4.74 Å². The minimum atomic E-state index is -0.378. The number of nitrogens with zero attached hydrogens (tertiary/aromatic N) is 1. The number of hydrogen-bond donors (Lipinski definition) is 1. The first-order valence-electron chi connectivity index (χ1n) is 8.09. The molecule has 0 spiro atoms. The third kappa shape index (κ3) is 5.17. The maximum absolute atomic E-state index is 13.8. The molecule has 136 valence electrons. The molecule has 2 rings (SSSR count). The summed E-state index contributed by atoms with van der Waals surface area (Å²) in [4.78, 5) is 26.0. The average molecular weight is 356 g/mol. The minimum Gasteiger partial charge on any atom is -0.497 e. The molecule has 0 heterocycles. The lowest BCUT2D eigenvalue weighted by Crippen LogP contribution is -2.40. The number of halogens is 1. The number of nitrogens with one attached hydrogen (secondary N) is 1. The highest BCUT2D eigenvalue weighted by Crippen LogP contribution is 2.12. The number of hydrogen-bond acceptors (Lipinski definition) is 3. The molecule has 0 radical (unpaired) electrons. The van der Waals surface area contributed by atoms with E-state index < -0.39 is 0 Å². The van der Waals surface area contributed by atoms with E-state index in [-0.39, 0.29) is 37.3 Å². The summed E-state index contributed by atoms with van der Waals surface area (Å²) in [6.45, 7) is 3.79. The molecule has 0 unspecified atom stereocenters. The zero-order valence-corrected chi connectivity index (χ0v) is 14.6. The second-order valence-corrected chi connectivity index (χ2v) is 5.57. The van der Waals surface area contributed by atoms with Crippen molar-refractivity contribution in [3.63, 3.8) is 0 Å². The molecule has 0 atom stereocenters. The van der Waals surface area contributed by atoms with Crippen LogP contribution in [0.5, 0.6) is 5.75 Å². The normalized spacial score (nSPS) is 10.1. The van der Waals surface area contributed by atoms with E-state index in [0.29, 0.717) is 16.9 Å².